The number of amides is 2. The molecular weight excluding hydrogens is 426 g/mol. The monoisotopic (exact) mass is 447 g/mol. The van der Waals surface area contributed by atoms with Gasteiger partial charge in [-0.1, -0.05) is 29.4 Å². The molecule has 0 radical (unpaired) electrons. The summed E-state index contributed by atoms with van der Waals surface area (Å²) >= 11 is 0. The maximum Gasteiger partial charge on any atom is 0.270 e. The summed E-state index contributed by atoms with van der Waals surface area (Å²) in [6, 6.07) is 21.3. The number of carbonyl (C=O) groups excluding carboxylic acids is 2. The Kier molecular flexibility index (Phi) is 7.01. The third-order valence-electron chi connectivity index (χ3n) is 4.35. The first kappa shape index (κ1) is 21.7. The van der Waals surface area contributed by atoms with Crippen molar-refractivity contribution in [2.24, 2.45) is 5.16 Å². The lowest BCUT2D eigenvalue weighted by atomic mass is 10.2. The van der Waals surface area contributed by atoms with Crippen molar-refractivity contribution in [2.45, 2.75) is 0 Å². The van der Waals surface area contributed by atoms with Crippen LogP contribution in [0.15, 0.2) is 78.0 Å². The molecule has 0 bridgehead atoms. The van der Waals surface area contributed by atoms with Gasteiger partial charge in [-0.05, 0) is 36.4 Å². The van der Waals surface area contributed by atoms with Crippen LogP contribution in [0.1, 0.15) is 0 Å². The number of rotatable bonds is 8. The SMILES string of the molecule is O=C(/C=N\OCC(=O)Nc1cccc(Oc2ccccc2)c1)Nc1ccc2c(c1)OCCO2. The van der Waals surface area contributed by atoms with Crippen molar-refractivity contribution in [3.63, 3.8) is 0 Å². The van der Waals surface area contributed by atoms with E-state index >= 15 is 0 Å². The summed E-state index contributed by atoms with van der Waals surface area (Å²) in [4.78, 5) is 29.0. The molecule has 4 rings (SSSR count). The van der Waals surface area contributed by atoms with Crippen LogP contribution in [0.2, 0.25) is 0 Å². The summed E-state index contributed by atoms with van der Waals surface area (Å²) in [5.74, 6) is 1.50. The fraction of sp³-hybridized carbons (Fsp3) is 0.125. The number of benzene rings is 3. The number of nitrogens with zero attached hydrogens (tertiary/aromatic N) is 1. The number of carbonyl (C=O) groups is 2. The Morgan fingerprint density at radius 2 is 1.61 bits per heavy atom. The number of hydrogen-bond acceptors (Lipinski definition) is 7. The first-order chi connectivity index (χ1) is 16.2. The van der Waals surface area contributed by atoms with Crippen LogP contribution in [0.5, 0.6) is 23.0 Å². The van der Waals surface area contributed by atoms with E-state index in [9.17, 15) is 9.59 Å². The van der Waals surface area contributed by atoms with E-state index in [4.69, 9.17) is 19.0 Å². The highest BCUT2D eigenvalue weighted by Crippen LogP contribution is 2.32. The Hall–Kier alpha value is -4.53. The maximum absolute atomic E-state index is 12.1. The molecule has 0 spiro atoms. The first-order valence-electron chi connectivity index (χ1n) is 10.1. The predicted octanol–water partition coefficient (Wildman–Crippen LogP) is 3.83. The van der Waals surface area contributed by atoms with E-state index in [0.29, 0.717) is 47.6 Å². The van der Waals surface area contributed by atoms with Crippen molar-refractivity contribution in [3.8, 4) is 23.0 Å². The topological polar surface area (TPSA) is 107 Å². The molecule has 1 aliphatic heterocycles. The second-order valence-corrected chi connectivity index (χ2v) is 6.85. The molecule has 0 fully saturated rings. The van der Waals surface area contributed by atoms with E-state index in [1.807, 2.05) is 30.3 Å². The highest BCUT2D eigenvalue weighted by Gasteiger charge is 2.12. The van der Waals surface area contributed by atoms with Crippen LogP contribution < -0.4 is 24.8 Å². The van der Waals surface area contributed by atoms with Crippen LogP contribution in [-0.4, -0.2) is 37.8 Å². The van der Waals surface area contributed by atoms with Gasteiger partial charge in [0.05, 0.1) is 0 Å². The fourth-order valence-electron chi connectivity index (χ4n) is 2.94. The van der Waals surface area contributed by atoms with Gasteiger partial charge < -0.3 is 29.7 Å². The molecular formula is C24H21N3O6. The number of oxime groups is 1. The molecule has 9 nitrogen and oxygen atoms in total. The Morgan fingerprint density at radius 3 is 2.45 bits per heavy atom. The predicted molar refractivity (Wildman–Crippen MR) is 122 cm³/mol. The average Bonchev–Trinajstić information content (AvgIpc) is 2.83. The van der Waals surface area contributed by atoms with Crippen molar-refractivity contribution in [1.29, 1.82) is 0 Å². The Balaban J connectivity index is 1.21. The second-order valence-electron chi connectivity index (χ2n) is 6.85. The molecule has 0 saturated heterocycles. The lowest BCUT2D eigenvalue weighted by Gasteiger charge is -2.18. The van der Waals surface area contributed by atoms with Gasteiger partial charge in [0, 0.05) is 23.5 Å². The molecule has 168 valence electrons. The molecule has 3 aromatic rings. The van der Waals surface area contributed by atoms with Gasteiger partial charge in [-0.25, -0.2) is 0 Å². The third kappa shape index (κ3) is 6.47. The zero-order valence-electron chi connectivity index (χ0n) is 17.5. The summed E-state index contributed by atoms with van der Waals surface area (Å²) in [7, 11) is 0. The van der Waals surface area contributed by atoms with Crippen molar-refractivity contribution < 1.29 is 28.6 Å². The van der Waals surface area contributed by atoms with E-state index in [0.717, 1.165) is 6.21 Å². The quantitative estimate of drug-likeness (QED) is 0.401. The molecule has 1 heterocycles. The number of ether oxygens (including phenoxy) is 3. The highest BCUT2D eigenvalue weighted by atomic mass is 16.6. The maximum atomic E-state index is 12.1. The Bertz CT molecular complexity index is 1150. The van der Waals surface area contributed by atoms with Crippen molar-refractivity contribution >= 4 is 29.4 Å². The van der Waals surface area contributed by atoms with Crippen LogP contribution in [0, 0.1) is 0 Å². The van der Waals surface area contributed by atoms with Crippen molar-refractivity contribution in [1.82, 2.24) is 0 Å². The number of anilines is 2. The van der Waals surface area contributed by atoms with Crippen LogP contribution in [-0.2, 0) is 14.4 Å². The van der Waals surface area contributed by atoms with Crippen LogP contribution in [0.25, 0.3) is 0 Å². The van der Waals surface area contributed by atoms with Gasteiger partial charge in [-0.15, -0.1) is 0 Å². The summed E-state index contributed by atoms with van der Waals surface area (Å²) in [6.07, 6.45) is 0.943. The zero-order valence-corrected chi connectivity index (χ0v) is 17.5. The second kappa shape index (κ2) is 10.7. The summed E-state index contributed by atoms with van der Waals surface area (Å²) in [6.45, 7) is 0.576. The lowest BCUT2D eigenvalue weighted by Crippen LogP contribution is -2.18. The van der Waals surface area contributed by atoms with Crippen LogP contribution in [0.3, 0.4) is 0 Å². The number of fused-ring (bicyclic) bond motifs is 1. The standard InChI is InChI=1S/C24H21N3O6/c28-23(26-18-9-10-21-22(14-18)31-12-11-30-21)15-25-32-16-24(29)27-17-5-4-8-20(13-17)33-19-6-2-1-3-7-19/h1-10,13-15H,11-12,16H2,(H,26,28)(H,27,29)/b25-15-. The molecule has 2 amide bonds. The summed E-state index contributed by atoms with van der Waals surface area (Å²) in [5.41, 5.74) is 1.06. The van der Waals surface area contributed by atoms with E-state index in [2.05, 4.69) is 15.8 Å². The van der Waals surface area contributed by atoms with E-state index in [1.54, 1.807) is 42.5 Å². The van der Waals surface area contributed by atoms with Gasteiger partial charge in [0.15, 0.2) is 18.1 Å². The molecule has 0 atom stereocenters. The molecule has 0 saturated carbocycles. The number of hydrogen-bond donors (Lipinski definition) is 2. The molecule has 0 aliphatic carbocycles. The summed E-state index contributed by atoms with van der Waals surface area (Å²) < 4.78 is 16.6. The van der Waals surface area contributed by atoms with E-state index < -0.39 is 11.8 Å². The minimum absolute atomic E-state index is 0.364. The van der Waals surface area contributed by atoms with Crippen LogP contribution >= 0.6 is 0 Å². The fourth-order valence-corrected chi connectivity index (χ4v) is 2.94. The van der Waals surface area contributed by atoms with E-state index in [1.165, 1.54) is 0 Å². The first-order valence-corrected chi connectivity index (χ1v) is 10.1. The number of nitrogens with one attached hydrogen (secondary N) is 2. The Labute approximate surface area is 189 Å². The third-order valence-corrected chi connectivity index (χ3v) is 4.35. The van der Waals surface area contributed by atoms with Crippen molar-refractivity contribution in [2.75, 3.05) is 30.5 Å². The smallest absolute Gasteiger partial charge is 0.270 e. The highest BCUT2D eigenvalue weighted by molar-refractivity contribution is 6.31. The average molecular weight is 447 g/mol. The summed E-state index contributed by atoms with van der Waals surface area (Å²) in [5, 5.41) is 8.84. The molecule has 0 unspecified atom stereocenters. The van der Waals surface area contributed by atoms with Crippen LogP contribution in [0.4, 0.5) is 11.4 Å². The largest absolute Gasteiger partial charge is 0.486 e. The molecule has 3 aromatic carbocycles. The van der Waals surface area contributed by atoms with Gasteiger partial charge in [0.25, 0.3) is 11.8 Å². The molecule has 2 N–H and O–H groups in total. The molecule has 1 aliphatic rings. The molecule has 9 heteroatoms. The van der Waals surface area contributed by atoms with Gasteiger partial charge >= 0.3 is 0 Å². The van der Waals surface area contributed by atoms with Gasteiger partial charge in [-0.2, -0.15) is 0 Å². The molecule has 33 heavy (non-hydrogen) atoms. The van der Waals surface area contributed by atoms with Crippen molar-refractivity contribution in [3.05, 3.63) is 72.8 Å². The van der Waals surface area contributed by atoms with Gasteiger partial charge in [0.2, 0.25) is 0 Å². The minimum atomic E-state index is -0.516. The minimum Gasteiger partial charge on any atom is -0.486 e. The lowest BCUT2D eigenvalue weighted by molar-refractivity contribution is -0.120. The van der Waals surface area contributed by atoms with Gasteiger partial charge in [0.1, 0.15) is 30.9 Å². The zero-order chi connectivity index (χ0) is 22.9. The normalized spacial score (nSPS) is 12.1. The van der Waals surface area contributed by atoms with Gasteiger partial charge in [-0.3, -0.25) is 9.59 Å². The molecule has 0 aromatic heterocycles. The number of para-hydroxylation sites is 1. The Morgan fingerprint density at radius 1 is 0.848 bits per heavy atom. The van der Waals surface area contributed by atoms with E-state index in [-0.39, 0.29) is 6.61 Å².